The third-order valence-electron chi connectivity index (χ3n) is 2.61. The molecule has 0 heterocycles. The molecule has 3 heteroatoms. The topological polar surface area (TPSA) is 49.3 Å². The Labute approximate surface area is 93.3 Å². The summed E-state index contributed by atoms with van der Waals surface area (Å²) in [6.45, 7) is 10.1. The monoisotopic (exact) mass is 215 g/mol. The minimum Gasteiger partial charge on any atom is -0.480 e. The summed E-state index contributed by atoms with van der Waals surface area (Å²) in [7, 11) is 0. The maximum atomic E-state index is 11.2. The molecular weight excluding hydrogens is 190 g/mol. The van der Waals surface area contributed by atoms with Crippen molar-refractivity contribution in [2.45, 2.75) is 65.5 Å². The molecule has 0 aliphatic rings. The van der Waals surface area contributed by atoms with E-state index >= 15 is 0 Å². The number of rotatable bonds is 7. The van der Waals surface area contributed by atoms with E-state index in [-0.39, 0.29) is 6.04 Å². The summed E-state index contributed by atoms with van der Waals surface area (Å²) in [5.41, 5.74) is -0.775. The first-order valence-electron chi connectivity index (χ1n) is 5.83. The average Bonchev–Trinajstić information content (AvgIpc) is 2.01. The number of carboxylic acid groups (broad SMARTS) is 1. The van der Waals surface area contributed by atoms with Gasteiger partial charge in [-0.2, -0.15) is 0 Å². The summed E-state index contributed by atoms with van der Waals surface area (Å²) >= 11 is 0. The van der Waals surface area contributed by atoms with Crippen molar-refractivity contribution in [1.29, 1.82) is 0 Å². The van der Waals surface area contributed by atoms with Gasteiger partial charge >= 0.3 is 5.97 Å². The Morgan fingerprint density at radius 3 is 2.27 bits per heavy atom. The van der Waals surface area contributed by atoms with Crippen molar-refractivity contribution < 1.29 is 9.90 Å². The molecule has 15 heavy (non-hydrogen) atoms. The van der Waals surface area contributed by atoms with Gasteiger partial charge < -0.3 is 5.11 Å². The molecule has 0 rings (SSSR count). The van der Waals surface area contributed by atoms with Gasteiger partial charge in [0.15, 0.2) is 0 Å². The second-order valence-electron chi connectivity index (χ2n) is 5.06. The quantitative estimate of drug-likeness (QED) is 0.686. The molecule has 0 saturated carbocycles. The van der Waals surface area contributed by atoms with E-state index in [0.29, 0.717) is 12.3 Å². The maximum absolute atomic E-state index is 11.2. The standard InChI is InChI=1S/C12H25NO2/c1-6-7-12(5,11(14)15)13-10(4)8-9(2)3/h9-10,13H,6-8H2,1-5H3,(H,14,15). The van der Waals surface area contributed by atoms with Gasteiger partial charge in [0, 0.05) is 6.04 Å². The Balaban J connectivity index is 4.34. The molecule has 0 amide bonds. The van der Waals surface area contributed by atoms with Gasteiger partial charge in [-0.05, 0) is 32.6 Å². The second-order valence-corrected chi connectivity index (χ2v) is 5.06. The molecule has 90 valence electrons. The average molecular weight is 215 g/mol. The van der Waals surface area contributed by atoms with Crippen molar-refractivity contribution >= 4 is 5.97 Å². The molecule has 3 nitrogen and oxygen atoms in total. The maximum Gasteiger partial charge on any atom is 0.323 e. The predicted octanol–water partition coefficient (Wildman–Crippen LogP) is 2.65. The number of hydrogen-bond acceptors (Lipinski definition) is 2. The van der Waals surface area contributed by atoms with Crippen LogP contribution in [0.3, 0.4) is 0 Å². The van der Waals surface area contributed by atoms with Crippen LogP contribution in [0.25, 0.3) is 0 Å². The second kappa shape index (κ2) is 6.11. The van der Waals surface area contributed by atoms with Crippen LogP contribution in [0.1, 0.15) is 53.9 Å². The van der Waals surface area contributed by atoms with Crippen LogP contribution in [0.4, 0.5) is 0 Å². The number of carboxylic acids is 1. The number of carbonyl (C=O) groups is 1. The summed E-state index contributed by atoms with van der Waals surface area (Å²) < 4.78 is 0. The molecule has 2 atom stereocenters. The van der Waals surface area contributed by atoms with Crippen LogP contribution < -0.4 is 5.32 Å². The first-order valence-corrected chi connectivity index (χ1v) is 5.83. The molecule has 0 aliphatic heterocycles. The normalized spacial score (nSPS) is 17.5. The highest BCUT2D eigenvalue weighted by Crippen LogP contribution is 2.16. The number of nitrogens with one attached hydrogen (secondary N) is 1. The van der Waals surface area contributed by atoms with E-state index in [1.165, 1.54) is 0 Å². The third-order valence-corrected chi connectivity index (χ3v) is 2.61. The molecule has 0 aromatic rings. The minimum atomic E-state index is -0.775. The fourth-order valence-corrected chi connectivity index (χ4v) is 2.05. The van der Waals surface area contributed by atoms with E-state index in [2.05, 4.69) is 26.1 Å². The van der Waals surface area contributed by atoms with Crippen LogP contribution in [0.2, 0.25) is 0 Å². The Bertz CT molecular complexity index is 204. The van der Waals surface area contributed by atoms with Crippen molar-refractivity contribution in [3.05, 3.63) is 0 Å². The Kier molecular flexibility index (Phi) is 5.88. The van der Waals surface area contributed by atoms with Crippen LogP contribution in [0.5, 0.6) is 0 Å². The Morgan fingerprint density at radius 2 is 1.93 bits per heavy atom. The molecule has 0 saturated heterocycles. The number of aliphatic carboxylic acids is 1. The third kappa shape index (κ3) is 5.17. The summed E-state index contributed by atoms with van der Waals surface area (Å²) in [6, 6.07) is 0.248. The van der Waals surface area contributed by atoms with Crippen molar-refractivity contribution in [1.82, 2.24) is 5.32 Å². The molecule has 0 fully saturated rings. The fraction of sp³-hybridized carbons (Fsp3) is 0.917. The minimum absolute atomic E-state index is 0.248. The Morgan fingerprint density at radius 1 is 1.40 bits per heavy atom. The largest absolute Gasteiger partial charge is 0.480 e. The molecule has 2 unspecified atom stereocenters. The van der Waals surface area contributed by atoms with Gasteiger partial charge in [-0.25, -0.2) is 0 Å². The van der Waals surface area contributed by atoms with E-state index in [1.807, 2.05) is 6.92 Å². The first kappa shape index (κ1) is 14.4. The highest BCUT2D eigenvalue weighted by Gasteiger charge is 2.32. The van der Waals surface area contributed by atoms with Gasteiger partial charge in [0.2, 0.25) is 0 Å². The lowest BCUT2D eigenvalue weighted by molar-refractivity contribution is -0.144. The van der Waals surface area contributed by atoms with Crippen molar-refractivity contribution in [2.75, 3.05) is 0 Å². The lowest BCUT2D eigenvalue weighted by atomic mass is 9.93. The SMILES string of the molecule is CCCC(C)(NC(C)CC(C)C)C(=O)O. The summed E-state index contributed by atoms with van der Waals surface area (Å²) in [4.78, 5) is 11.2. The number of hydrogen-bond donors (Lipinski definition) is 2. The highest BCUT2D eigenvalue weighted by molar-refractivity contribution is 5.78. The van der Waals surface area contributed by atoms with Crippen LogP contribution in [0, 0.1) is 5.92 Å². The summed E-state index contributed by atoms with van der Waals surface area (Å²) in [6.07, 6.45) is 2.56. The molecule has 0 aromatic heterocycles. The molecule has 0 spiro atoms. The lowest BCUT2D eigenvalue weighted by Crippen LogP contribution is -2.53. The zero-order valence-corrected chi connectivity index (χ0v) is 10.6. The van der Waals surface area contributed by atoms with Gasteiger partial charge in [0.25, 0.3) is 0 Å². The van der Waals surface area contributed by atoms with E-state index < -0.39 is 11.5 Å². The van der Waals surface area contributed by atoms with Crippen molar-refractivity contribution in [3.63, 3.8) is 0 Å². The molecule has 2 N–H and O–H groups in total. The first-order chi connectivity index (χ1) is 6.81. The molecule has 0 aliphatic carbocycles. The fourth-order valence-electron chi connectivity index (χ4n) is 2.05. The summed E-state index contributed by atoms with van der Waals surface area (Å²) in [5.74, 6) is -0.160. The molecule has 0 bridgehead atoms. The predicted molar refractivity (Wildman–Crippen MR) is 63.0 cm³/mol. The van der Waals surface area contributed by atoms with E-state index in [1.54, 1.807) is 6.92 Å². The van der Waals surface area contributed by atoms with E-state index in [9.17, 15) is 9.90 Å². The highest BCUT2D eigenvalue weighted by atomic mass is 16.4. The van der Waals surface area contributed by atoms with Crippen molar-refractivity contribution in [2.24, 2.45) is 5.92 Å². The van der Waals surface area contributed by atoms with Crippen LogP contribution in [0.15, 0.2) is 0 Å². The van der Waals surface area contributed by atoms with Crippen LogP contribution in [-0.2, 0) is 4.79 Å². The zero-order valence-electron chi connectivity index (χ0n) is 10.6. The van der Waals surface area contributed by atoms with Crippen LogP contribution >= 0.6 is 0 Å². The molecule has 0 aromatic carbocycles. The van der Waals surface area contributed by atoms with Gasteiger partial charge in [-0.3, -0.25) is 10.1 Å². The van der Waals surface area contributed by atoms with Gasteiger partial charge in [-0.15, -0.1) is 0 Å². The molecule has 0 radical (unpaired) electrons. The van der Waals surface area contributed by atoms with Crippen LogP contribution in [-0.4, -0.2) is 22.7 Å². The smallest absolute Gasteiger partial charge is 0.323 e. The van der Waals surface area contributed by atoms with Gasteiger partial charge in [-0.1, -0.05) is 27.2 Å². The zero-order chi connectivity index (χ0) is 12.1. The summed E-state index contributed by atoms with van der Waals surface area (Å²) in [5, 5.41) is 12.4. The lowest BCUT2D eigenvalue weighted by Gasteiger charge is -2.30. The van der Waals surface area contributed by atoms with Gasteiger partial charge in [0.1, 0.15) is 5.54 Å². The van der Waals surface area contributed by atoms with E-state index in [0.717, 1.165) is 12.8 Å². The Hall–Kier alpha value is -0.570. The molecular formula is C12H25NO2. The van der Waals surface area contributed by atoms with Crippen molar-refractivity contribution in [3.8, 4) is 0 Å². The van der Waals surface area contributed by atoms with Gasteiger partial charge in [0.05, 0.1) is 0 Å². The van der Waals surface area contributed by atoms with E-state index in [4.69, 9.17) is 0 Å².